The van der Waals surface area contributed by atoms with Gasteiger partial charge in [-0.1, -0.05) is 11.8 Å². The number of ether oxygens (including phenoxy) is 1. The molecule has 0 saturated carbocycles. The van der Waals surface area contributed by atoms with Crippen molar-refractivity contribution in [2.45, 2.75) is 32.7 Å². The summed E-state index contributed by atoms with van der Waals surface area (Å²) >= 11 is 0. The van der Waals surface area contributed by atoms with Crippen molar-refractivity contribution < 1.29 is 14.6 Å². The summed E-state index contributed by atoms with van der Waals surface area (Å²) in [7, 11) is 1.61. The molecule has 0 aromatic heterocycles. The fourth-order valence-corrected chi connectivity index (χ4v) is 1.98. The molecule has 1 aromatic rings. The van der Waals surface area contributed by atoms with Crippen molar-refractivity contribution in [1.82, 2.24) is 5.32 Å². The molecule has 1 amide bonds. The van der Waals surface area contributed by atoms with Gasteiger partial charge in [0, 0.05) is 24.7 Å². The second-order valence-electron chi connectivity index (χ2n) is 5.63. The SMILES string of the molecule is COCC(C)(C)NC(=O)c1cc(C)cc(C#CCCO)c1. The van der Waals surface area contributed by atoms with Crippen molar-refractivity contribution >= 4 is 5.91 Å². The van der Waals surface area contributed by atoms with Crippen LogP contribution in [0.2, 0.25) is 0 Å². The molecule has 0 bridgehead atoms. The number of nitrogens with one attached hydrogen (secondary N) is 1. The first kappa shape index (κ1) is 17.2. The standard InChI is InChI=1S/C17H23NO3/c1-13-9-14(7-5-6-8-19)11-15(10-13)16(20)18-17(2,3)12-21-4/h9-11,19H,6,8,12H2,1-4H3,(H,18,20). The molecule has 0 saturated heterocycles. The lowest BCUT2D eigenvalue weighted by Gasteiger charge is -2.25. The van der Waals surface area contributed by atoms with E-state index >= 15 is 0 Å². The lowest BCUT2D eigenvalue weighted by Crippen LogP contribution is -2.46. The first-order valence-corrected chi connectivity index (χ1v) is 6.91. The normalized spacial score (nSPS) is 10.7. The molecule has 0 atom stereocenters. The zero-order chi connectivity index (χ0) is 15.9. The number of aryl methyl sites for hydroxylation is 1. The largest absolute Gasteiger partial charge is 0.395 e. The van der Waals surface area contributed by atoms with Gasteiger partial charge in [0.15, 0.2) is 0 Å². The number of benzene rings is 1. The van der Waals surface area contributed by atoms with E-state index in [-0.39, 0.29) is 12.5 Å². The number of rotatable bonds is 5. The molecule has 0 heterocycles. The van der Waals surface area contributed by atoms with Crippen molar-refractivity contribution in [2.75, 3.05) is 20.3 Å². The molecule has 4 nitrogen and oxygen atoms in total. The molecular weight excluding hydrogens is 266 g/mol. The van der Waals surface area contributed by atoms with Crippen LogP contribution in [0.1, 0.15) is 41.8 Å². The van der Waals surface area contributed by atoms with Gasteiger partial charge in [0.1, 0.15) is 0 Å². The number of methoxy groups -OCH3 is 1. The number of amides is 1. The zero-order valence-electron chi connectivity index (χ0n) is 13.1. The molecular formula is C17H23NO3. The van der Waals surface area contributed by atoms with Gasteiger partial charge in [0.25, 0.3) is 5.91 Å². The average molecular weight is 289 g/mol. The summed E-state index contributed by atoms with van der Waals surface area (Å²) in [5, 5.41) is 11.7. The molecule has 1 aromatic carbocycles. The highest BCUT2D eigenvalue weighted by Crippen LogP contribution is 2.11. The minimum atomic E-state index is -0.432. The Balaban J connectivity index is 2.93. The molecule has 0 fully saturated rings. The Labute approximate surface area is 126 Å². The maximum atomic E-state index is 12.3. The fourth-order valence-electron chi connectivity index (χ4n) is 1.98. The summed E-state index contributed by atoms with van der Waals surface area (Å²) in [5.41, 5.74) is 1.89. The first-order chi connectivity index (χ1) is 9.88. The molecule has 0 aliphatic heterocycles. The molecule has 0 aliphatic carbocycles. The van der Waals surface area contributed by atoms with Crippen LogP contribution >= 0.6 is 0 Å². The van der Waals surface area contributed by atoms with Crippen LogP contribution in [-0.2, 0) is 4.74 Å². The quantitative estimate of drug-likeness (QED) is 0.814. The Morgan fingerprint density at radius 2 is 2.10 bits per heavy atom. The van der Waals surface area contributed by atoms with E-state index in [1.165, 1.54) is 0 Å². The van der Waals surface area contributed by atoms with Crippen molar-refractivity contribution in [3.63, 3.8) is 0 Å². The van der Waals surface area contributed by atoms with Gasteiger partial charge in [0.05, 0.1) is 18.8 Å². The van der Waals surface area contributed by atoms with E-state index in [4.69, 9.17) is 9.84 Å². The van der Waals surface area contributed by atoms with Gasteiger partial charge in [-0.15, -0.1) is 0 Å². The fraction of sp³-hybridized carbons (Fsp3) is 0.471. The van der Waals surface area contributed by atoms with E-state index in [2.05, 4.69) is 17.2 Å². The monoisotopic (exact) mass is 289 g/mol. The van der Waals surface area contributed by atoms with Crippen molar-refractivity contribution in [3.8, 4) is 11.8 Å². The minimum absolute atomic E-state index is 0.0391. The van der Waals surface area contributed by atoms with Gasteiger partial charge < -0.3 is 15.2 Å². The second kappa shape index (κ2) is 7.82. The molecule has 2 N–H and O–H groups in total. The molecule has 0 aliphatic rings. The maximum absolute atomic E-state index is 12.3. The highest BCUT2D eigenvalue weighted by Gasteiger charge is 2.21. The number of carbonyl (C=O) groups excluding carboxylic acids is 1. The van der Waals surface area contributed by atoms with Crippen LogP contribution in [-0.4, -0.2) is 36.9 Å². The molecule has 21 heavy (non-hydrogen) atoms. The lowest BCUT2D eigenvalue weighted by molar-refractivity contribution is 0.0820. The van der Waals surface area contributed by atoms with E-state index in [0.717, 1.165) is 11.1 Å². The summed E-state index contributed by atoms with van der Waals surface area (Å²) in [6.07, 6.45) is 0.427. The molecule has 4 heteroatoms. The van der Waals surface area contributed by atoms with Gasteiger partial charge in [-0.25, -0.2) is 0 Å². The Morgan fingerprint density at radius 1 is 1.38 bits per heavy atom. The zero-order valence-corrected chi connectivity index (χ0v) is 13.1. The maximum Gasteiger partial charge on any atom is 0.251 e. The summed E-state index contributed by atoms with van der Waals surface area (Å²) in [4.78, 5) is 12.3. The third-order valence-corrected chi connectivity index (χ3v) is 2.77. The molecule has 0 spiro atoms. The minimum Gasteiger partial charge on any atom is -0.395 e. The van der Waals surface area contributed by atoms with Crippen LogP contribution in [0.15, 0.2) is 18.2 Å². The highest BCUT2D eigenvalue weighted by atomic mass is 16.5. The van der Waals surface area contributed by atoms with Gasteiger partial charge in [-0.3, -0.25) is 4.79 Å². The Bertz CT molecular complexity index is 553. The van der Waals surface area contributed by atoms with Crippen molar-refractivity contribution in [2.24, 2.45) is 0 Å². The number of hydrogen-bond donors (Lipinski definition) is 2. The van der Waals surface area contributed by atoms with Crippen LogP contribution in [0, 0.1) is 18.8 Å². The summed E-state index contributed by atoms with van der Waals surface area (Å²) in [5.74, 6) is 5.67. The van der Waals surface area contributed by atoms with Crippen LogP contribution in [0.5, 0.6) is 0 Å². The van der Waals surface area contributed by atoms with Gasteiger partial charge in [0.2, 0.25) is 0 Å². The molecule has 0 radical (unpaired) electrons. The van der Waals surface area contributed by atoms with E-state index in [0.29, 0.717) is 18.6 Å². The number of carbonyl (C=O) groups is 1. The van der Waals surface area contributed by atoms with Crippen LogP contribution in [0.3, 0.4) is 0 Å². The van der Waals surface area contributed by atoms with Crippen molar-refractivity contribution in [1.29, 1.82) is 0 Å². The van der Waals surface area contributed by atoms with Crippen molar-refractivity contribution in [3.05, 3.63) is 34.9 Å². The lowest BCUT2D eigenvalue weighted by atomic mass is 10.0. The molecule has 0 unspecified atom stereocenters. The highest BCUT2D eigenvalue weighted by molar-refractivity contribution is 5.95. The third-order valence-electron chi connectivity index (χ3n) is 2.77. The van der Waals surface area contributed by atoms with E-state index in [1.54, 1.807) is 13.2 Å². The average Bonchev–Trinajstić information content (AvgIpc) is 2.37. The Kier molecular flexibility index (Phi) is 6.41. The van der Waals surface area contributed by atoms with Gasteiger partial charge in [-0.05, 0) is 44.5 Å². The van der Waals surface area contributed by atoms with Crippen LogP contribution in [0.25, 0.3) is 0 Å². The number of hydrogen-bond acceptors (Lipinski definition) is 3. The van der Waals surface area contributed by atoms with E-state index in [1.807, 2.05) is 32.9 Å². The van der Waals surface area contributed by atoms with Crippen LogP contribution in [0.4, 0.5) is 0 Å². The smallest absolute Gasteiger partial charge is 0.251 e. The Morgan fingerprint density at radius 3 is 2.71 bits per heavy atom. The van der Waals surface area contributed by atoms with E-state index < -0.39 is 5.54 Å². The third kappa shape index (κ3) is 5.99. The number of aliphatic hydroxyl groups excluding tert-OH is 1. The van der Waals surface area contributed by atoms with Gasteiger partial charge >= 0.3 is 0 Å². The topological polar surface area (TPSA) is 58.6 Å². The molecule has 1 rings (SSSR count). The predicted octanol–water partition coefficient (Wildman–Crippen LogP) is 1.88. The predicted molar refractivity (Wildman–Crippen MR) is 83.2 cm³/mol. The first-order valence-electron chi connectivity index (χ1n) is 6.91. The number of aliphatic hydroxyl groups is 1. The van der Waals surface area contributed by atoms with Gasteiger partial charge in [-0.2, -0.15) is 0 Å². The summed E-state index contributed by atoms with van der Waals surface area (Å²) in [6, 6.07) is 5.51. The van der Waals surface area contributed by atoms with E-state index in [9.17, 15) is 4.79 Å². The Hall–Kier alpha value is -1.83. The molecule has 114 valence electrons. The second-order valence-corrected chi connectivity index (χ2v) is 5.63. The van der Waals surface area contributed by atoms with Crippen LogP contribution < -0.4 is 5.32 Å². The summed E-state index contributed by atoms with van der Waals surface area (Å²) in [6.45, 7) is 6.22. The summed E-state index contributed by atoms with van der Waals surface area (Å²) < 4.78 is 5.10.